The molecule has 27 heavy (non-hydrogen) atoms. The van der Waals surface area contributed by atoms with Gasteiger partial charge in [0.1, 0.15) is 5.82 Å². The van der Waals surface area contributed by atoms with Crippen molar-refractivity contribution in [3.05, 3.63) is 76.3 Å². The number of benzene rings is 2. The van der Waals surface area contributed by atoms with Crippen LogP contribution in [0.1, 0.15) is 23.6 Å². The van der Waals surface area contributed by atoms with Gasteiger partial charge in [-0.15, -0.1) is 10.2 Å². The Hall–Kier alpha value is -2.71. The molecule has 1 unspecified atom stereocenters. The highest BCUT2D eigenvalue weighted by Crippen LogP contribution is 2.36. The van der Waals surface area contributed by atoms with Gasteiger partial charge in [-0.05, 0) is 24.6 Å². The number of H-pyrrole nitrogens is 1. The Morgan fingerprint density at radius 3 is 2.74 bits per heavy atom. The fraction of sp³-hybridized carbons (Fsp3) is 0.158. The van der Waals surface area contributed by atoms with Crippen molar-refractivity contribution in [2.24, 2.45) is 0 Å². The molecule has 2 aromatic carbocycles. The van der Waals surface area contributed by atoms with Gasteiger partial charge >= 0.3 is 0 Å². The molecule has 0 spiro atoms. The summed E-state index contributed by atoms with van der Waals surface area (Å²) >= 11 is 3.02. The van der Waals surface area contributed by atoms with Crippen molar-refractivity contribution in [1.82, 2.24) is 20.2 Å². The molecule has 4 aromatic rings. The summed E-state index contributed by atoms with van der Waals surface area (Å²) in [7, 11) is 0. The van der Waals surface area contributed by atoms with Crippen LogP contribution in [0.5, 0.6) is 0 Å². The van der Waals surface area contributed by atoms with Crippen LogP contribution in [-0.2, 0) is 6.54 Å². The smallest absolute Gasteiger partial charge is 0.258 e. The molecule has 0 saturated heterocycles. The molecule has 0 bridgehead atoms. The highest BCUT2D eigenvalue weighted by molar-refractivity contribution is 8.01. The predicted molar refractivity (Wildman–Crippen MR) is 110 cm³/mol. The average Bonchev–Trinajstić information content (AvgIpc) is 3.14. The SMILES string of the molecule is CC(Sc1nnc(NCc2ccccc2)s1)c1nc2ccccc2c(=O)[nH]1. The van der Waals surface area contributed by atoms with Crippen molar-refractivity contribution in [2.75, 3.05) is 5.32 Å². The fourth-order valence-corrected chi connectivity index (χ4v) is 4.56. The minimum Gasteiger partial charge on any atom is -0.356 e. The van der Waals surface area contributed by atoms with E-state index in [-0.39, 0.29) is 10.8 Å². The van der Waals surface area contributed by atoms with Crippen molar-refractivity contribution >= 4 is 39.1 Å². The van der Waals surface area contributed by atoms with Gasteiger partial charge in [0.15, 0.2) is 4.34 Å². The van der Waals surface area contributed by atoms with E-state index in [1.807, 2.05) is 43.3 Å². The number of anilines is 1. The van der Waals surface area contributed by atoms with E-state index < -0.39 is 0 Å². The highest BCUT2D eigenvalue weighted by Gasteiger charge is 2.15. The summed E-state index contributed by atoms with van der Waals surface area (Å²) in [5.41, 5.74) is 1.77. The Bertz CT molecular complexity index is 1110. The number of thioether (sulfide) groups is 1. The molecule has 0 saturated carbocycles. The Morgan fingerprint density at radius 1 is 1.11 bits per heavy atom. The lowest BCUT2D eigenvalue weighted by molar-refractivity contribution is 0.916. The zero-order chi connectivity index (χ0) is 18.6. The highest BCUT2D eigenvalue weighted by atomic mass is 32.2. The van der Waals surface area contributed by atoms with Crippen LogP contribution in [0.25, 0.3) is 10.9 Å². The zero-order valence-electron chi connectivity index (χ0n) is 14.5. The predicted octanol–water partition coefficient (Wildman–Crippen LogP) is 4.24. The lowest BCUT2D eigenvalue weighted by Crippen LogP contribution is -2.12. The third-order valence-corrected chi connectivity index (χ3v) is 6.06. The maximum absolute atomic E-state index is 12.2. The van der Waals surface area contributed by atoms with Crippen LogP contribution in [-0.4, -0.2) is 20.2 Å². The average molecular weight is 396 g/mol. The molecule has 0 aliphatic rings. The summed E-state index contributed by atoms with van der Waals surface area (Å²) in [5, 5.41) is 13.0. The van der Waals surface area contributed by atoms with Gasteiger partial charge in [0.05, 0.1) is 16.2 Å². The van der Waals surface area contributed by atoms with E-state index in [1.165, 1.54) is 28.7 Å². The molecule has 4 rings (SSSR count). The standard InChI is InChI=1S/C19H17N5OS2/c1-12(16-21-15-10-6-5-9-14(15)17(25)22-16)26-19-24-23-18(27-19)20-11-13-7-3-2-4-8-13/h2-10,12H,11H2,1H3,(H,20,23)(H,21,22,25). The van der Waals surface area contributed by atoms with Crippen LogP contribution in [0.15, 0.2) is 63.7 Å². The minimum atomic E-state index is -0.120. The van der Waals surface area contributed by atoms with Gasteiger partial charge in [-0.3, -0.25) is 4.79 Å². The second-order valence-electron chi connectivity index (χ2n) is 5.94. The van der Waals surface area contributed by atoms with E-state index in [4.69, 9.17) is 0 Å². The first-order valence-corrected chi connectivity index (χ1v) is 10.2. The largest absolute Gasteiger partial charge is 0.356 e. The number of para-hydroxylation sites is 1. The summed E-state index contributed by atoms with van der Waals surface area (Å²) in [4.78, 5) is 19.7. The van der Waals surface area contributed by atoms with Gasteiger partial charge < -0.3 is 10.3 Å². The molecule has 0 fully saturated rings. The lowest BCUT2D eigenvalue weighted by atomic mass is 10.2. The van der Waals surface area contributed by atoms with E-state index in [1.54, 1.807) is 6.07 Å². The second-order valence-corrected chi connectivity index (χ2v) is 8.51. The Kier molecular flexibility index (Phi) is 5.17. The summed E-state index contributed by atoms with van der Waals surface area (Å²) in [6, 6.07) is 17.5. The van der Waals surface area contributed by atoms with Gasteiger partial charge in [0.25, 0.3) is 5.56 Å². The number of aromatic nitrogens is 4. The summed E-state index contributed by atoms with van der Waals surface area (Å²) in [6.45, 7) is 2.70. The van der Waals surface area contributed by atoms with Crippen molar-refractivity contribution < 1.29 is 0 Å². The van der Waals surface area contributed by atoms with Crippen LogP contribution in [0.3, 0.4) is 0 Å². The van der Waals surface area contributed by atoms with E-state index in [0.717, 1.165) is 9.47 Å². The molecule has 0 amide bonds. The molecule has 0 aliphatic heterocycles. The van der Waals surface area contributed by atoms with Gasteiger partial charge in [-0.25, -0.2) is 4.98 Å². The summed E-state index contributed by atoms with van der Waals surface area (Å²) < 4.78 is 0.828. The van der Waals surface area contributed by atoms with Gasteiger partial charge in [0.2, 0.25) is 5.13 Å². The van der Waals surface area contributed by atoms with E-state index >= 15 is 0 Å². The Labute approximate surface area is 164 Å². The monoisotopic (exact) mass is 395 g/mol. The quantitative estimate of drug-likeness (QED) is 0.475. The molecule has 6 nitrogen and oxygen atoms in total. The first-order chi connectivity index (χ1) is 13.2. The topological polar surface area (TPSA) is 83.6 Å². The lowest BCUT2D eigenvalue weighted by Gasteiger charge is -2.08. The van der Waals surface area contributed by atoms with Gasteiger partial charge in [-0.1, -0.05) is 65.6 Å². The van der Waals surface area contributed by atoms with Crippen molar-refractivity contribution in [1.29, 1.82) is 0 Å². The molecular weight excluding hydrogens is 378 g/mol. The second kappa shape index (κ2) is 7.89. The molecule has 2 heterocycles. The van der Waals surface area contributed by atoms with Crippen LogP contribution in [0.2, 0.25) is 0 Å². The van der Waals surface area contributed by atoms with Crippen LogP contribution in [0, 0.1) is 0 Å². The van der Waals surface area contributed by atoms with E-state index in [0.29, 0.717) is 23.3 Å². The molecule has 136 valence electrons. The molecule has 0 aliphatic carbocycles. The number of hydrogen-bond acceptors (Lipinski definition) is 7. The third kappa shape index (κ3) is 4.17. The van der Waals surface area contributed by atoms with Gasteiger partial charge in [0, 0.05) is 6.54 Å². The molecule has 0 radical (unpaired) electrons. The van der Waals surface area contributed by atoms with Crippen LogP contribution in [0.4, 0.5) is 5.13 Å². The van der Waals surface area contributed by atoms with Crippen molar-refractivity contribution in [3.8, 4) is 0 Å². The van der Waals surface area contributed by atoms with Crippen LogP contribution < -0.4 is 10.9 Å². The van der Waals surface area contributed by atoms with Crippen molar-refractivity contribution in [3.63, 3.8) is 0 Å². The number of rotatable bonds is 6. The maximum atomic E-state index is 12.2. The molecular formula is C19H17N5OS2. The Morgan fingerprint density at radius 2 is 1.89 bits per heavy atom. The minimum absolute atomic E-state index is 0.0442. The Balaban J connectivity index is 1.45. The normalized spacial score (nSPS) is 12.2. The number of fused-ring (bicyclic) bond motifs is 1. The van der Waals surface area contributed by atoms with Crippen molar-refractivity contribution in [2.45, 2.75) is 23.1 Å². The molecule has 2 aromatic heterocycles. The first kappa shape index (κ1) is 17.7. The number of hydrogen-bond donors (Lipinski definition) is 2. The number of nitrogens with zero attached hydrogens (tertiary/aromatic N) is 3. The first-order valence-electron chi connectivity index (χ1n) is 8.46. The van der Waals surface area contributed by atoms with Crippen LogP contribution >= 0.6 is 23.1 Å². The summed E-state index contributed by atoms with van der Waals surface area (Å²) in [5.74, 6) is 0.637. The summed E-state index contributed by atoms with van der Waals surface area (Å²) in [6.07, 6.45) is 0. The zero-order valence-corrected chi connectivity index (χ0v) is 16.2. The molecule has 2 N–H and O–H groups in total. The third-order valence-electron chi connectivity index (χ3n) is 3.99. The number of aromatic amines is 1. The fourth-order valence-electron chi connectivity index (χ4n) is 2.61. The van der Waals surface area contributed by atoms with E-state index in [2.05, 4.69) is 37.6 Å². The molecule has 1 atom stereocenters. The maximum Gasteiger partial charge on any atom is 0.258 e. The van der Waals surface area contributed by atoms with E-state index in [9.17, 15) is 4.79 Å². The number of nitrogens with one attached hydrogen (secondary N) is 2. The van der Waals surface area contributed by atoms with Gasteiger partial charge in [-0.2, -0.15) is 0 Å². The molecule has 8 heteroatoms.